The van der Waals surface area contributed by atoms with Gasteiger partial charge in [0.05, 0.1) is 0 Å². The first kappa shape index (κ1) is 15.8. The maximum atomic E-state index is 12.4. The maximum Gasteiger partial charge on any atom is 0.322 e. The molecule has 1 unspecified atom stereocenters. The molecule has 0 heterocycles. The fourth-order valence-electron chi connectivity index (χ4n) is 2.58. The number of carbonyl (C=O) groups excluding carboxylic acids is 1. The van der Waals surface area contributed by atoms with Gasteiger partial charge in [0.25, 0.3) is 0 Å². The summed E-state index contributed by atoms with van der Waals surface area (Å²) >= 11 is 0. The van der Waals surface area contributed by atoms with E-state index in [-0.39, 0.29) is 6.03 Å². The minimum atomic E-state index is 0.0348. The van der Waals surface area contributed by atoms with Crippen molar-refractivity contribution < 1.29 is 4.79 Å². The van der Waals surface area contributed by atoms with E-state index in [4.69, 9.17) is 0 Å². The highest BCUT2D eigenvalue weighted by atomic mass is 16.2. The third-order valence-electron chi connectivity index (χ3n) is 3.86. The molecule has 0 saturated heterocycles. The van der Waals surface area contributed by atoms with Gasteiger partial charge in [-0.15, -0.1) is 0 Å². The lowest BCUT2D eigenvalue weighted by Gasteiger charge is -2.22. The number of amides is 2. The van der Waals surface area contributed by atoms with Crippen molar-refractivity contribution in [2.45, 2.75) is 52.1 Å². The zero-order valence-corrected chi connectivity index (χ0v) is 13.4. The van der Waals surface area contributed by atoms with E-state index < -0.39 is 0 Å². The molecule has 1 fully saturated rings. The normalized spacial score (nSPS) is 15.6. The van der Waals surface area contributed by atoms with Crippen molar-refractivity contribution in [3.05, 3.63) is 29.8 Å². The van der Waals surface area contributed by atoms with Crippen molar-refractivity contribution in [2.24, 2.45) is 0 Å². The third-order valence-corrected chi connectivity index (χ3v) is 3.86. The van der Waals surface area contributed by atoms with Crippen LogP contribution in [0.25, 0.3) is 0 Å². The van der Waals surface area contributed by atoms with Gasteiger partial charge >= 0.3 is 6.03 Å². The average Bonchev–Trinajstić information content (AvgIpc) is 3.29. The number of hydrogen-bond acceptors (Lipinski definition) is 2. The van der Waals surface area contributed by atoms with Gasteiger partial charge in [-0.1, -0.05) is 26.0 Å². The lowest BCUT2D eigenvalue weighted by Crippen LogP contribution is -2.37. The summed E-state index contributed by atoms with van der Waals surface area (Å²) in [6.45, 7) is 8.12. The number of urea groups is 1. The molecular formula is C17H27N3O. The van der Waals surface area contributed by atoms with Gasteiger partial charge in [0.2, 0.25) is 0 Å². The Hall–Kier alpha value is -1.55. The van der Waals surface area contributed by atoms with Crippen LogP contribution in [0.15, 0.2) is 24.3 Å². The monoisotopic (exact) mass is 289 g/mol. The van der Waals surface area contributed by atoms with E-state index in [9.17, 15) is 4.79 Å². The van der Waals surface area contributed by atoms with Crippen LogP contribution in [0.2, 0.25) is 0 Å². The summed E-state index contributed by atoms with van der Waals surface area (Å²) in [5, 5.41) is 6.44. The molecule has 0 radical (unpaired) electrons. The van der Waals surface area contributed by atoms with E-state index in [1.807, 2.05) is 17.0 Å². The second-order valence-electron chi connectivity index (χ2n) is 5.76. The quantitative estimate of drug-likeness (QED) is 0.802. The van der Waals surface area contributed by atoms with Crippen molar-refractivity contribution in [3.63, 3.8) is 0 Å². The molecule has 2 rings (SSSR count). The molecule has 1 aromatic carbocycles. The van der Waals surface area contributed by atoms with Gasteiger partial charge in [0.15, 0.2) is 0 Å². The van der Waals surface area contributed by atoms with Crippen LogP contribution in [0.1, 0.15) is 51.6 Å². The number of nitrogens with zero attached hydrogens (tertiary/aromatic N) is 1. The van der Waals surface area contributed by atoms with Crippen LogP contribution in [0.4, 0.5) is 10.5 Å². The molecule has 0 bridgehead atoms. The van der Waals surface area contributed by atoms with E-state index in [2.05, 4.69) is 43.5 Å². The molecule has 1 aromatic rings. The second kappa shape index (κ2) is 7.46. The smallest absolute Gasteiger partial charge is 0.322 e. The SMILES string of the molecule is CCCN(C(=O)Nc1cccc(C(C)NCC)c1)C1CC1. The first-order valence-electron chi connectivity index (χ1n) is 8.06. The van der Waals surface area contributed by atoms with Crippen molar-refractivity contribution in [2.75, 3.05) is 18.4 Å². The molecular weight excluding hydrogens is 262 g/mol. The summed E-state index contributed by atoms with van der Waals surface area (Å²) in [6, 6.07) is 8.89. The van der Waals surface area contributed by atoms with Crippen molar-refractivity contribution in [3.8, 4) is 0 Å². The summed E-state index contributed by atoms with van der Waals surface area (Å²) < 4.78 is 0. The predicted molar refractivity (Wildman–Crippen MR) is 87.6 cm³/mol. The molecule has 1 saturated carbocycles. The average molecular weight is 289 g/mol. The van der Waals surface area contributed by atoms with E-state index in [1.165, 1.54) is 5.56 Å². The summed E-state index contributed by atoms with van der Waals surface area (Å²) in [5.74, 6) is 0. The van der Waals surface area contributed by atoms with E-state index >= 15 is 0 Å². The Morgan fingerprint density at radius 1 is 1.38 bits per heavy atom. The zero-order chi connectivity index (χ0) is 15.2. The second-order valence-corrected chi connectivity index (χ2v) is 5.76. The van der Waals surface area contributed by atoms with Crippen LogP contribution in [-0.2, 0) is 0 Å². The molecule has 0 aliphatic heterocycles. The van der Waals surface area contributed by atoms with Crippen LogP contribution in [0.5, 0.6) is 0 Å². The third kappa shape index (κ3) is 4.46. The fourth-order valence-corrected chi connectivity index (χ4v) is 2.58. The summed E-state index contributed by atoms with van der Waals surface area (Å²) in [7, 11) is 0. The van der Waals surface area contributed by atoms with Gasteiger partial charge in [0, 0.05) is 24.3 Å². The molecule has 4 heteroatoms. The van der Waals surface area contributed by atoms with Gasteiger partial charge < -0.3 is 15.5 Å². The number of rotatable bonds is 7. The Balaban J connectivity index is 2.01. The number of anilines is 1. The van der Waals surface area contributed by atoms with Crippen molar-refractivity contribution in [1.82, 2.24) is 10.2 Å². The molecule has 1 aliphatic carbocycles. The molecule has 116 valence electrons. The highest BCUT2D eigenvalue weighted by molar-refractivity contribution is 5.89. The van der Waals surface area contributed by atoms with Crippen molar-refractivity contribution in [1.29, 1.82) is 0 Å². The van der Waals surface area contributed by atoms with Gasteiger partial charge in [-0.25, -0.2) is 4.79 Å². The number of carbonyl (C=O) groups is 1. The van der Waals surface area contributed by atoms with Crippen LogP contribution < -0.4 is 10.6 Å². The van der Waals surface area contributed by atoms with Gasteiger partial charge in [-0.3, -0.25) is 0 Å². The standard InChI is InChI=1S/C17H27N3O/c1-4-11-20(16-9-10-16)17(21)19-15-8-6-7-14(12-15)13(3)18-5-2/h6-8,12-13,16,18H,4-5,9-11H2,1-3H3,(H,19,21). The lowest BCUT2D eigenvalue weighted by molar-refractivity contribution is 0.209. The Morgan fingerprint density at radius 2 is 2.14 bits per heavy atom. The number of benzene rings is 1. The maximum absolute atomic E-state index is 12.4. The first-order chi connectivity index (χ1) is 10.2. The topological polar surface area (TPSA) is 44.4 Å². The molecule has 21 heavy (non-hydrogen) atoms. The van der Waals surface area contributed by atoms with Gasteiger partial charge in [-0.05, 0) is 50.4 Å². The fraction of sp³-hybridized carbons (Fsp3) is 0.588. The summed E-state index contributed by atoms with van der Waals surface area (Å²) in [6.07, 6.45) is 3.29. The van der Waals surface area contributed by atoms with Crippen LogP contribution in [0, 0.1) is 0 Å². The zero-order valence-electron chi connectivity index (χ0n) is 13.4. The molecule has 0 aromatic heterocycles. The lowest BCUT2D eigenvalue weighted by atomic mass is 10.1. The Bertz CT molecular complexity index is 471. The largest absolute Gasteiger partial charge is 0.322 e. The Kier molecular flexibility index (Phi) is 5.62. The minimum absolute atomic E-state index is 0.0348. The van der Waals surface area contributed by atoms with E-state index in [0.29, 0.717) is 12.1 Å². The summed E-state index contributed by atoms with van der Waals surface area (Å²) in [4.78, 5) is 14.4. The van der Waals surface area contributed by atoms with Crippen molar-refractivity contribution >= 4 is 11.7 Å². The first-order valence-corrected chi connectivity index (χ1v) is 8.06. The van der Waals surface area contributed by atoms with Crippen LogP contribution >= 0.6 is 0 Å². The van der Waals surface area contributed by atoms with E-state index in [1.54, 1.807) is 0 Å². The Morgan fingerprint density at radius 3 is 2.76 bits per heavy atom. The van der Waals surface area contributed by atoms with Crippen LogP contribution in [0.3, 0.4) is 0 Å². The minimum Gasteiger partial charge on any atom is -0.322 e. The van der Waals surface area contributed by atoms with Crippen LogP contribution in [-0.4, -0.2) is 30.1 Å². The molecule has 1 atom stereocenters. The number of nitrogens with one attached hydrogen (secondary N) is 2. The summed E-state index contributed by atoms with van der Waals surface area (Å²) in [5.41, 5.74) is 2.08. The molecule has 2 N–H and O–H groups in total. The van der Waals surface area contributed by atoms with Gasteiger partial charge in [0.1, 0.15) is 0 Å². The molecule has 1 aliphatic rings. The highest BCUT2D eigenvalue weighted by Crippen LogP contribution is 2.27. The van der Waals surface area contributed by atoms with Gasteiger partial charge in [-0.2, -0.15) is 0 Å². The highest BCUT2D eigenvalue weighted by Gasteiger charge is 2.31. The Labute approximate surface area is 127 Å². The molecule has 4 nitrogen and oxygen atoms in total. The molecule has 2 amide bonds. The van der Waals surface area contributed by atoms with E-state index in [0.717, 1.165) is 38.0 Å². The molecule has 0 spiro atoms. The predicted octanol–water partition coefficient (Wildman–Crippen LogP) is 3.76. The number of hydrogen-bond donors (Lipinski definition) is 2.